The van der Waals surface area contributed by atoms with Gasteiger partial charge in [-0.2, -0.15) is 4.31 Å². The Labute approximate surface area is 177 Å². The number of benzene rings is 2. The van der Waals surface area contributed by atoms with Gasteiger partial charge < -0.3 is 10.6 Å². The molecule has 0 spiro atoms. The van der Waals surface area contributed by atoms with Crippen molar-refractivity contribution >= 4 is 21.8 Å². The number of carbonyl (C=O) groups is 2. The van der Waals surface area contributed by atoms with E-state index >= 15 is 0 Å². The molecule has 2 aromatic carbocycles. The molecule has 0 radical (unpaired) electrons. The summed E-state index contributed by atoms with van der Waals surface area (Å²) in [6.45, 7) is 2.24. The van der Waals surface area contributed by atoms with Crippen LogP contribution >= 0.6 is 0 Å². The first-order chi connectivity index (χ1) is 14.4. The Morgan fingerprint density at radius 2 is 1.70 bits per heavy atom. The third-order valence-electron chi connectivity index (χ3n) is 5.24. The molecule has 160 valence electrons. The van der Waals surface area contributed by atoms with Gasteiger partial charge in [0, 0.05) is 13.1 Å². The Balaban J connectivity index is 1.52. The Bertz CT molecular complexity index is 964. The average Bonchev–Trinajstić information content (AvgIpc) is 2.78. The number of hydrogen-bond donors (Lipinski definition) is 2. The van der Waals surface area contributed by atoms with E-state index in [-0.39, 0.29) is 35.8 Å². The van der Waals surface area contributed by atoms with E-state index in [2.05, 4.69) is 10.6 Å². The molecule has 1 saturated heterocycles. The minimum absolute atomic E-state index is 0.116. The number of amides is 2. The number of sulfonamides is 1. The largest absolute Gasteiger partial charge is 0.348 e. The van der Waals surface area contributed by atoms with E-state index in [0.717, 1.165) is 5.56 Å². The first-order valence-electron chi connectivity index (χ1n) is 10.0. The monoisotopic (exact) mass is 429 g/mol. The summed E-state index contributed by atoms with van der Waals surface area (Å²) < 4.78 is 27.0. The van der Waals surface area contributed by atoms with Gasteiger partial charge in [-0.25, -0.2) is 8.42 Å². The van der Waals surface area contributed by atoms with Crippen molar-refractivity contribution in [3.63, 3.8) is 0 Å². The van der Waals surface area contributed by atoms with Crippen LogP contribution in [-0.2, 0) is 19.6 Å². The molecule has 7 nitrogen and oxygen atoms in total. The molecule has 2 atom stereocenters. The quantitative estimate of drug-likeness (QED) is 0.704. The summed E-state index contributed by atoms with van der Waals surface area (Å²) in [4.78, 5) is 25.0. The number of nitrogens with one attached hydrogen (secondary N) is 2. The summed E-state index contributed by atoms with van der Waals surface area (Å²) >= 11 is 0. The van der Waals surface area contributed by atoms with Gasteiger partial charge in [-0.3, -0.25) is 9.59 Å². The maximum absolute atomic E-state index is 12.8. The number of carbonyl (C=O) groups excluding carboxylic acids is 2. The Kier molecular flexibility index (Phi) is 7.23. The minimum Gasteiger partial charge on any atom is -0.348 e. The molecule has 0 aromatic heterocycles. The van der Waals surface area contributed by atoms with E-state index in [1.807, 2.05) is 37.3 Å². The average molecular weight is 430 g/mol. The van der Waals surface area contributed by atoms with Crippen LogP contribution in [0.3, 0.4) is 0 Å². The highest BCUT2D eigenvalue weighted by atomic mass is 32.2. The zero-order valence-electron chi connectivity index (χ0n) is 17.0. The van der Waals surface area contributed by atoms with Crippen LogP contribution in [0, 0.1) is 5.92 Å². The number of nitrogens with zero attached hydrogens (tertiary/aromatic N) is 1. The van der Waals surface area contributed by atoms with E-state index in [0.29, 0.717) is 19.4 Å². The fraction of sp³-hybridized carbons (Fsp3) is 0.364. The second kappa shape index (κ2) is 9.86. The topological polar surface area (TPSA) is 95.6 Å². The molecule has 1 fully saturated rings. The molecule has 2 unspecified atom stereocenters. The van der Waals surface area contributed by atoms with Crippen molar-refractivity contribution in [2.75, 3.05) is 19.6 Å². The molecule has 1 aliphatic rings. The highest BCUT2D eigenvalue weighted by Crippen LogP contribution is 2.23. The number of hydrogen-bond acceptors (Lipinski definition) is 4. The lowest BCUT2D eigenvalue weighted by Gasteiger charge is -2.31. The van der Waals surface area contributed by atoms with Crippen LogP contribution in [0.15, 0.2) is 65.6 Å². The van der Waals surface area contributed by atoms with Gasteiger partial charge in [0.1, 0.15) is 0 Å². The van der Waals surface area contributed by atoms with Crippen LogP contribution in [-0.4, -0.2) is 44.2 Å². The van der Waals surface area contributed by atoms with Crippen molar-refractivity contribution in [3.05, 3.63) is 66.2 Å². The van der Waals surface area contributed by atoms with Crippen molar-refractivity contribution in [1.29, 1.82) is 0 Å². The fourth-order valence-corrected chi connectivity index (χ4v) is 5.09. The van der Waals surface area contributed by atoms with Crippen LogP contribution in [0.4, 0.5) is 0 Å². The van der Waals surface area contributed by atoms with Crippen LogP contribution in [0.5, 0.6) is 0 Å². The second-order valence-electron chi connectivity index (χ2n) is 7.43. The van der Waals surface area contributed by atoms with Gasteiger partial charge in [0.15, 0.2) is 0 Å². The first kappa shape index (κ1) is 22.0. The normalized spacial score (nSPS) is 18.4. The molecular weight excluding hydrogens is 402 g/mol. The number of rotatable bonds is 7. The molecule has 0 bridgehead atoms. The molecule has 0 saturated carbocycles. The Morgan fingerprint density at radius 3 is 2.37 bits per heavy atom. The summed E-state index contributed by atoms with van der Waals surface area (Å²) in [5, 5.41) is 5.50. The third kappa shape index (κ3) is 5.46. The van der Waals surface area contributed by atoms with E-state index in [1.54, 1.807) is 30.3 Å². The third-order valence-corrected chi connectivity index (χ3v) is 7.12. The Hall–Kier alpha value is -2.71. The van der Waals surface area contributed by atoms with E-state index < -0.39 is 15.9 Å². The van der Waals surface area contributed by atoms with Crippen molar-refractivity contribution in [3.8, 4) is 0 Å². The predicted molar refractivity (Wildman–Crippen MR) is 114 cm³/mol. The van der Waals surface area contributed by atoms with Gasteiger partial charge in [0.25, 0.3) is 0 Å². The van der Waals surface area contributed by atoms with Gasteiger partial charge >= 0.3 is 0 Å². The highest BCUT2D eigenvalue weighted by Gasteiger charge is 2.33. The van der Waals surface area contributed by atoms with E-state index in [4.69, 9.17) is 0 Å². The molecule has 30 heavy (non-hydrogen) atoms. The van der Waals surface area contributed by atoms with Crippen LogP contribution in [0.25, 0.3) is 0 Å². The SMILES string of the molecule is CC(NC(=O)CNC(=O)C1CCCN(S(=O)(=O)c2ccccc2)C1)c1ccccc1. The van der Waals surface area contributed by atoms with Crippen molar-refractivity contribution in [1.82, 2.24) is 14.9 Å². The summed E-state index contributed by atoms with van der Waals surface area (Å²) in [5.74, 6) is -1.06. The van der Waals surface area contributed by atoms with Gasteiger partial charge in [0.05, 0.1) is 23.4 Å². The molecule has 8 heteroatoms. The smallest absolute Gasteiger partial charge is 0.243 e. The molecule has 0 aliphatic carbocycles. The van der Waals surface area contributed by atoms with Gasteiger partial charge in [-0.05, 0) is 37.5 Å². The van der Waals surface area contributed by atoms with Crippen molar-refractivity contribution in [2.24, 2.45) is 5.92 Å². The molecular formula is C22H27N3O4S. The highest BCUT2D eigenvalue weighted by molar-refractivity contribution is 7.89. The summed E-state index contributed by atoms with van der Waals surface area (Å²) in [6, 6.07) is 17.6. The summed E-state index contributed by atoms with van der Waals surface area (Å²) in [7, 11) is -3.63. The van der Waals surface area contributed by atoms with Crippen LogP contribution in [0.1, 0.15) is 31.4 Å². The summed E-state index contributed by atoms with van der Waals surface area (Å²) in [5.41, 5.74) is 0.978. The fourth-order valence-electron chi connectivity index (χ4n) is 3.55. The van der Waals surface area contributed by atoms with Crippen LogP contribution < -0.4 is 10.6 Å². The predicted octanol–water partition coefficient (Wildman–Crippen LogP) is 2.08. The molecule has 1 aliphatic heterocycles. The zero-order valence-corrected chi connectivity index (χ0v) is 17.8. The van der Waals surface area contributed by atoms with Crippen LogP contribution in [0.2, 0.25) is 0 Å². The van der Waals surface area contributed by atoms with Gasteiger partial charge in [-0.15, -0.1) is 0 Å². The molecule has 2 amide bonds. The molecule has 3 rings (SSSR count). The van der Waals surface area contributed by atoms with Gasteiger partial charge in [0.2, 0.25) is 21.8 Å². The van der Waals surface area contributed by atoms with E-state index in [1.165, 1.54) is 4.31 Å². The lowest BCUT2D eigenvalue weighted by molar-refractivity contribution is -0.129. The lowest BCUT2D eigenvalue weighted by Crippen LogP contribution is -2.47. The van der Waals surface area contributed by atoms with Gasteiger partial charge in [-0.1, -0.05) is 48.5 Å². The molecule has 1 heterocycles. The standard InChI is InChI=1S/C22H27N3O4S/c1-17(18-9-4-2-5-10-18)24-21(26)15-23-22(27)19-11-8-14-25(16-19)30(28,29)20-12-6-3-7-13-20/h2-7,9-10,12-13,17,19H,8,11,14-16H2,1H3,(H,23,27)(H,24,26). The maximum atomic E-state index is 12.8. The maximum Gasteiger partial charge on any atom is 0.243 e. The Morgan fingerprint density at radius 1 is 1.07 bits per heavy atom. The molecule has 2 N–H and O–H groups in total. The summed E-state index contributed by atoms with van der Waals surface area (Å²) in [6.07, 6.45) is 1.19. The minimum atomic E-state index is -3.63. The van der Waals surface area contributed by atoms with Crippen molar-refractivity contribution in [2.45, 2.75) is 30.7 Å². The van der Waals surface area contributed by atoms with E-state index in [9.17, 15) is 18.0 Å². The molecule has 2 aromatic rings. The second-order valence-corrected chi connectivity index (χ2v) is 9.37. The first-order valence-corrected chi connectivity index (χ1v) is 11.5. The zero-order chi connectivity index (χ0) is 21.6. The lowest BCUT2D eigenvalue weighted by atomic mass is 9.99. The van der Waals surface area contributed by atoms with Crippen molar-refractivity contribution < 1.29 is 18.0 Å². The number of piperidine rings is 1.